The number of amides is 1. The molecule has 0 radical (unpaired) electrons. The van der Waals surface area contributed by atoms with E-state index in [1.807, 2.05) is 30.3 Å². The van der Waals surface area contributed by atoms with Gasteiger partial charge in [0, 0.05) is 23.5 Å². The number of benzene rings is 1. The smallest absolute Gasteiger partial charge is 0.248 e. The summed E-state index contributed by atoms with van der Waals surface area (Å²) in [6, 6.07) is 12.9. The molecule has 0 atom stereocenters. The Morgan fingerprint density at radius 3 is 2.91 bits per heavy atom. The normalized spacial score (nSPS) is 11.0. The average molecular weight is 358 g/mol. The molecule has 0 aliphatic heterocycles. The fraction of sp³-hybridized carbons (Fsp3) is 0. The summed E-state index contributed by atoms with van der Waals surface area (Å²) in [5, 5.41) is 9.61. The molecule has 2 aromatic heterocycles. The lowest BCUT2D eigenvalue weighted by molar-refractivity contribution is -0.111. The van der Waals surface area contributed by atoms with Crippen LogP contribution in [0.3, 0.4) is 0 Å². The number of carbonyl (C=O) groups is 1. The quantitative estimate of drug-likeness (QED) is 0.691. The molecule has 0 unspecified atom stereocenters. The lowest BCUT2D eigenvalue weighted by Gasteiger charge is -2.04. The van der Waals surface area contributed by atoms with Crippen molar-refractivity contribution in [3.05, 3.63) is 65.2 Å². The SMILES string of the molecule is O=C(C=Cc1ccc(Br)o1)Nc1cccc(-c2ccn[nH]2)c1. The van der Waals surface area contributed by atoms with Gasteiger partial charge in [0.25, 0.3) is 0 Å². The molecule has 0 aliphatic rings. The minimum Gasteiger partial charge on any atom is -0.450 e. The highest BCUT2D eigenvalue weighted by molar-refractivity contribution is 9.10. The van der Waals surface area contributed by atoms with Gasteiger partial charge >= 0.3 is 0 Å². The summed E-state index contributed by atoms with van der Waals surface area (Å²) in [5.41, 5.74) is 2.56. The third kappa shape index (κ3) is 3.53. The van der Waals surface area contributed by atoms with Crippen LogP contribution in [0.1, 0.15) is 5.76 Å². The van der Waals surface area contributed by atoms with Crippen LogP contribution in [-0.4, -0.2) is 16.1 Å². The van der Waals surface area contributed by atoms with Gasteiger partial charge in [0.05, 0.1) is 5.69 Å². The first-order valence-electron chi connectivity index (χ1n) is 6.55. The van der Waals surface area contributed by atoms with Gasteiger partial charge < -0.3 is 9.73 Å². The van der Waals surface area contributed by atoms with Gasteiger partial charge in [0.15, 0.2) is 4.67 Å². The van der Waals surface area contributed by atoms with Crippen molar-refractivity contribution in [3.8, 4) is 11.3 Å². The van der Waals surface area contributed by atoms with E-state index in [2.05, 4.69) is 31.4 Å². The summed E-state index contributed by atoms with van der Waals surface area (Å²) in [7, 11) is 0. The first-order chi connectivity index (χ1) is 10.7. The van der Waals surface area contributed by atoms with Crippen LogP contribution in [0, 0.1) is 0 Å². The number of anilines is 1. The van der Waals surface area contributed by atoms with Gasteiger partial charge in [-0.2, -0.15) is 5.10 Å². The van der Waals surface area contributed by atoms with Crippen molar-refractivity contribution in [2.75, 3.05) is 5.32 Å². The maximum atomic E-state index is 11.9. The number of aromatic nitrogens is 2. The number of hydrogen-bond donors (Lipinski definition) is 2. The molecule has 3 aromatic rings. The summed E-state index contributed by atoms with van der Waals surface area (Å²) in [6.45, 7) is 0. The first-order valence-corrected chi connectivity index (χ1v) is 7.34. The van der Waals surface area contributed by atoms with Gasteiger partial charge in [-0.1, -0.05) is 12.1 Å². The fourth-order valence-corrected chi connectivity index (χ4v) is 2.26. The van der Waals surface area contributed by atoms with E-state index in [0.717, 1.165) is 11.3 Å². The highest BCUT2D eigenvalue weighted by Gasteiger charge is 2.03. The molecule has 6 heteroatoms. The summed E-state index contributed by atoms with van der Waals surface area (Å²) < 4.78 is 5.92. The van der Waals surface area contributed by atoms with Crippen LogP contribution in [0.15, 0.2) is 63.8 Å². The van der Waals surface area contributed by atoms with Gasteiger partial charge in [-0.3, -0.25) is 9.89 Å². The van der Waals surface area contributed by atoms with Crippen LogP contribution < -0.4 is 5.32 Å². The van der Waals surface area contributed by atoms with Crippen molar-refractivity contribution in [1.29, 1.82) is 0 Å². The molecule has 3 rings (SSSR count). The number of rotatable bonds is 4. The summed E-state index contributed by atoms with van der Waals surface area (Å²) in [4.78, 5) is 11.9. The van der Waals surface area contributed by atoms with Crippen LogP contribution in [0.5, 0.6) is 0 Å². The van der Waals surface area contributed by atoms with Gasteiger partial charge in [-0.15, -0.1) is 0 Å². The first kappa shape index (κ1) is 14.3. The zero-order valence-corrected chi connectivity index (χ0v) is 13.0. The topological polar surface area (TPSA) is 70.9 Å². The highest BCUT2D eigenvalue weighted by atomic mass is 79.9. The second-order valence-electron chi connectivity index (χ2n) is 4.52. The van der Waals surface area contributed by atoms with Gasteiger partial charge in [-0.25, -0.2) is 0 Å². The molecule has 0 spiro atoms. The second kappa shape index (κ2) is 6.44. The number of H-pyrrole nitrogens is 1. The molecule has 0 fully saturated rings. The number of aromatic amines is 1. The van der Waals surface area contributed by atoms with Crippen molar-refractivity contribution < 1.29 is 9.21 Å². The standard InChI is InChI=1S/C16H12BrN3O2/c17-15-6-4-13(22-15)5-7-16(21)19-12-3-1-2-11(10-12)14-8-9-18-20-14/h1-10H,(H,18,20)(H,19,21). The third-order valence-electron chi connectivity index (χ3n) is 2.93. The van der Waals surface area contributed by atoms with E-state index >= 15 is 0 Å². The van der Waals surface area contributed by atoms with Crippen LogP contribution in [0.4, 0.5) is 5.69 Å². The molecule has 22 heavy (non-hydrogen) atoms. The van der Waals surface area contributed by atoms with E-state index in [-0.39, 0.29) is 5.91 Å². The molecular formula is C16H12BrN3O2. The van der Waals surface area contributed by atoms with E-state index in [0.29, 0.717) is 16.1 Å². The summed E-state index contributed by atoms with van der Waals surface area (Å²) in [6.07, 6.45) is 4.72. The number of halogens is 1. The zero-order valence-electron chi connectivity index (χ0n) is 11.4. The molecule has 0 bridgehead atoms. The predicted octanol–water partition coefficient (Wildman–Crippen LogP) is 4.08. The zero-order chi connectivity index (χ0) is 15.4. The van der Waals surface area contributed by atoms with E-state index in [4.69, 9.17) is 4.42 Å². The Morgan fingerprint density at radius 1 is 1.27 bits per heavy atom. The van der Waals surface area contributed by atoms with Crippen molar-refractivity contribution in [3.63, 3.8) is 0 Å². The molecular weight excluding hydrogens is 346 g/mol. The Labute approximate surface area is 135 Å². The molecule has 1 aromatic carbocycles. The second-order valence-corrected chi connectivity index (χ2v) is 5.30. The lowest BCUT2D eigenvalue weighted by atomic mass is 10.1. The largest absolute Gasteiger partial charge is 0.450 e. The van der Waals surface area contributed by atoms with E-state index in [1.165, 1.54) is 6.08 Å². The van der Waals surface area contributed by atoms with Gasteiger partial charge in [-0.05, 0) is 52.3 Å². The van der Waals surface area contributed by atoms with Crippen molar-refractivity contribution in [1.82, 2.24) is 10.2 Å². The monoisotopic (exact) mass is 357 g/mol. The van der Waals surface area contributed by atoms with Crippen molar-refractivity contribution >= 4 is 33.6 Å². The van der Waals surface area contributed by atoms with Crippen LogP contribution in [0.2, 0.25) is 0 Å². The van der Waals surface area contributed by atoms with Crippen molar-refractivity contribution in [2.24, 2.45) is 0 Å². The van der Waals surface area contributed by atoms with E-state index < -0.39 is 0 Å². The Bertz CT molecular complexity index is 806. The Morgan fingerprint density at radius 2 is 2.18 bits per heavy atom. The minimum atomic E-state index is -0.228. The number of furan rings is 1. The Hall–Kier alpha value is -2.60. The Kier molecular flexibility index (Phi) is 4.20. The molecule has 1 amide bonds. The number of hydrogen-bond acceptors (Lipinski definition) is 3. The van der Waals surface area contributed by atoms with Crippen LogP contribution in [-0.2, 0) is 4.79 Å². The molecule has 5 nitrogen and oxygen atoms in total. The Balaban J connectivity index is 1.69. The van der Waals surface area contributed by atoms with E-state index in [9.17, 15) is 4.79 Å². The number of nitrogens with one attached hydrogen (secondary N) is 2. The number of nitrogens with zero attached hydrogens (tertiary/aromatic N) is 1. The van der Waals surface area contributed by atoms with Crippen LogP contribution in [0.25, 0.3) is 17.3 Å². The van der Waals surface area contributed by atoms with E-state index in [1.54, 1.807) is 24.4 Å². The molecule has 2 N–H and O–H groups in total. The highest BCUT2D eigenvalue weighted by Crippen LogP contribution is 2.20. The summed E-state index contributed by atoms with van der Waals surface area (Å²) in [5.74, 6) is 0.377. The third-order valence-corrected chi connectivity index (χ3v) is 3.36. The number of carbonyl (C=O) groups excluding carboxylic acids is 1. The molecule has 0 saturated carbocycles. The predicted molar refractivity (Wildman–Crippen MR) is 88.1 cm³/mol. The molecule has 110 valence electrons. The van der Waals surface area contributed by atoms with Gasteiger partial charge in [0.2, 0.25) is 5.91 Å². The van der Waals surface area contributed by atoms with Crippen molar-refractivity contribution in [2.45, 2.75) is 0 Å². The maximum absolute atomic E-state index is 11.9. The van der Waals surface area contributed by atoms with Gasteiger partial charge in [0.1, 0.15) is 5.76 Å². The lowest BCUT2D eigenvalue weighted by Crippen LogP contribution is -2.07. The average Bonchev–Trinajstić information content (AvgIpc) is 3.17. The molecule has 0 aliphatic carbocycles. The summed E-state index contributed by atoms with van der Waals surface area (Å²) >= 11 is 3.21. The fourth-order valence-electron chi connectivity index (χ4n) is 1.94. The molecule has 0 saturated heterocycles. The molecule has 2 heterocycles. The maximum Gasteiger partial charge on any atom is 0.248 e. The van der Waals surface area contributed by atoms with Crippen LogP contribution >= 0.6 is 15.9 Å². The minimum absolute atomic E-state index is 0.228.